The van der Waals surface area contributed by atoms with E-state index in [0.29, 0.717) is 40.5 Å². The number of hydrogen-bond acceptors (Lipinski definition) is 9. The lowest BCUT2D eigenvalue weighted by atomic mass is 10.0. The minimum absolute atomic E-state index is 0.0606. The van der Waals surface area contributed by atoms with Crippen LogP contribution in [0, 0.1) is 24.0 Å². The van der Waals surface area contributed by atoms with Gasteiger partial charge in [-0.2, -0.15) is 18.3 Å². The van der Waals surface area contributed by atoms with Crippen LogP contribution in [0.25, 0.3) is 21.3 Å². The number of carbonyl (C=O) groups is 2. The van der Waals surface area contributed by atoms with Crippen LogP contribution in [0.1, 0.15) is 49.9 Å². The van der Waals surface area contributed by atoms with Gasteiger partial charge in [0.2, 0.25) is 0 Å². The van der Waals surface area contributed by atoms with Gasteiger partial charge in [-0.1, -0.05) is 0 Å². The number of fused-ring (bicyclic) bond motifs is 1. The Morgan fingerprint density at radius 3 is 2.55 bits per heavy atom. The molecule has 0 saturated carbocycles. The molecule has 0 spiro atoms. The van der Waals surface area contributed by atoms with Crippen LogP contribution in [0.15, 0.2) is 47.0 Å². The van der Waals surface area contributed by atoms with E-state index in [1.807, 2.05) is 6.92 Å². The second-order valence-electron chi connectivity index (χ2n) is 9.60. The summed E-state index contributed by atoms with van der Waals surface area (Å²) in [5.41, 5.74) is 5.45. The molecule has 5 aromatic rings. The molecule has 0 aliphatic heterocycles. The van der Waals surface area contributed by atoms with Gasteiger partial charge in [0.15, 0.2) is 5.76 Å². The van der Waals surface area contributed by atoms with Crippen LogP contribution < -0.4 is 15.8 Å². The van der Waals surface area contributed by atoms with E-state index in [4.69, 9.17) is 14.9 Å². The Kier molecular flexibility index (Phi) is 7.86. The predicted octanol–water partition coefficient (Wildman–Crippen LogP) is 6.25. The lowest BCUT2D eigenvalue weighted by Crippen LogP contribution is -2.16. The number of nitrogens with two attached hydrogens (primary N) is 1. The number of hydrogen-bond donors (Lipinski definition) is 2. The van der Waals surface area contributed by atoms with Crippen molar-refractivity contribution in [1.82, 2.24) is 14.8 Å². The highest BCUT2D eigenvalue weighted by atomic mass is 32.1. The van der Waals surface area contributed by atoms with Crippen molar-refractivity contribution in [3.05, 3.63) is 86.1 Å². The number of nitrogens with one attached hydrogen (secondary N) is 1. The van der Waals surface area contributed by atoms with Crippen LogP contribution in [0.2, 0.25) is 0 Å². The average molecular weight is 629 g/mol. The van der Waals surface area contributed by atoms with Crippen LogP contribution in [-0.2, 0) is 19.3 Å². The maximum Gasteiger partial charge on any atom is 0.433 e. The second kappa shape index (κ2) is 11.4. The quantitative estimate of drug-likeness (QED) is 0.143. The Labute approximate surface area is 250 Å². The summed E-state index contributed by atoms with van der Waals surface area (Å²) in [4.78, 5) is 39.6. The number of thiophene rings is 1. The third-order valence-electron chi connectivity index (χ3n) is 6.61. The number of furan rings is 1. The molecule has 4 heterocycles. The van der Waals surface area contributed by atoms with E-state index in [9.17, 15) is 32.9 Å². The summed E-state index contributed by atoms with van der Waals surface area (Å²) < 4.78 is 54.3. The van der Waals surface area contributed by atoms with Gasteiger partial charge in [-0.25, -0.2) is 4.98 Å². The SMILES string of the molecule is CCn1cc(-c2cc(C(F)(F)F)nc3sc(C(N)=O)c(NC(=O)c4ccc(COc5ccc([N+](=O)[O-])c(C)c5)o4)c23)c(C)n1. The van der Waals surface area contributed by atoms with Gasteiger partial charge >= 0.3 is 6.18 Å². The molecule has 0 fully saturated rings. The second-order valence-corrected chi connectivity index (χ2v) is 10.6. The molecule has 44 heavy (non-hydrogen) atoms. The van der Waals surface area contributed by atoms with Crippen molar-refractivity contribution in [2.24, 2.45) is 5.73 Å². The summed E-state index contributed by atoms with van der Waals surface area (Å²) in [5.74, 6) is -1.40. The number of rotatable bonds is 9. The van der Waals surface area contributed by atoms with Crippen molar-refractivity contribution in [1.29, 1.82) is 0 Å². The minimum Gasteiger partial charge on any atom is -0.486 e. The molecule has 0 atom stereocenters. The Balaban J connectivity index is 1.49. The van der Waals surface area contributed by atoms with Crippen molar-refractivity contribution in [3.63, 3.8) is 0 Å². The standard InChI is InChI=1S/C28H23F3N6O6S/c1-4-36-11-18(14(3)35-36)17-10-21(28(29,30)31)33-27-22(17)23(24(44-27)25(32)38)34-26(39)20-8-6-16(43-20)12-42-15-5-7-19(37(40)41)13(2)9-15/h5-11H,4,12H2,1-3H3,(H2,32,38)(H,34,39). The fraction of sp³-hybridized carbons (Fsp3) is 0.214. The Morgan fingerprint density at radius 1 is 1.18 bits per heavy atom. The number of primary amides is 1. The molecular formula is C28H23F3N6O6S. The number of nitro benzene ring substituents is 1. The van der Waals surface area contributed by atoms with Crippen LogP contribution in [0.4, 0.5) is 24.5 Å². The summed E-state index contributed by atoms with van der Waals surface area (Å²) in [6.45, 7) is 5.35. The molecule has 2 amide bonds. The average Bonchev–Trinajstić information content (AvgIpc) is 3.68. The molecule has 0 radical (unpaired) electrons. The molecule has 1 aromatic carbocycles. The first-order valence-corrected chi connectivity index (χ1v) is 13.7. The number of ether oxygens (including phenoxy) is 1. The third-order valence-corrected chi connectivity index (χ3v) is 7.71. The van der Waals surface area contributed by atoms with Crippen LogP contribution >= 0.6 is 11.3 Å². The van der Waals surface area contributed by atoms with Crippen molar-refractivity contribution < 1.29 is 36.8 Å². The Hall–Kier alpha value is -5.25. The largest absolute Gasteiger partial charge is 0.486 e. The lowest BCUT2D eigenvalue weighted by Gasteiger charge is -2.11. The van der Waals surface area contributed by atoms with Gasteiger partial charge in [-0.3, -0.25) is 24.4 Å². The Morgan fingerprint density at radius 2 is 1.93 bits per heavy atom. The maximum atomic E-state index is 13.8. The Bertz CT molecular complexity index is 1940. The summed E-state index contributed by atoms with van der Waals surface area (Å²) in [7, 11) is 0. The van der Waals surface area contributed by atoms with E-state index in [1.54, 1.807) is 24.7 Å². The highest BCUT2D eigenvalue weighted by Crippen LogP contribution is 2.44. The van der Waals surface area contributed by atoms with Crippen molar-refractivity contribution >= 4 is 44.7 Å². The number of anilines is 1. The van der Waals surface area contributed by atoms with Gasteiger partial charge in [0.05, 0.1) is 16.3 Å². The zero-order chi connectivity index (χ0) is 31.9. The molecule has 228 valence electrons. The van der Waals surface area contributed by atoms with Crippen molar-refractivity contribution in [2.45, 2.75) is 40.1 Å². The number of amides is 2. The summed E-state index contributed by atoms with van der Waals surface area (Å²) >= 11 is 0.621. The third kappa shape index (κ3) is 5.83. The van der Waals surface area contributed by atoms with E-state index in [-0.39, 0.29) is 50.2 Å². The van der Waals surface area contributed by atoms with Gasteiger partial charge in [0.25, 0.3) is 17.5 Å². The summed E-state index contributed by atoms with van der Waals surface area (Å²) in [6, 6.07) is 7.90. The minimum atomic E-state index is -4.79. The molecule has 0 bridgehead atoms. The van der Waals surface area contributed by atoms with Gasteiger partial charge in [-0.15, -0.1) is 11.3 Å². The number of benzene rings is 1. The van der Waals surface area contributed by atoms with E-state index in [1.165, 1.54) is 30.3 Å². The lowest BCUT2D eigenvalue weighted by molar-refractivity contribution is -0.385. The summed E-state index contributed by atoms with van der Waals surface area (Å²) in [6.07, 6.45) is -3.22. The van der Waals surface area contributed by atoms with Gasteiger partial charge < -0.3 is 20.2 Å². The molecule has 16 heteroatoms. The molecule has 0 saturated heterocycles. The zero-order valence-corrected chi connectivity index (χ0v) is 24.1. The van der Waals surface area contributed by atoms with E-state index in [2.05, 4.69) is 15.4 Å². The molecule has 4 aromatic heterocycles. The number of carbonyl (C=O) groups excluding carboxylic acids is 2. The van der Waals surface area contributed by atoms with Crippen molar-refractivity contribution in [3.8, 4) is 16.9 Å². The predicted molar refractivity (Wildman–Crippen MR) is 154 cm³/mol. The molecule has 0 aliphatic carbocycles. The van der Waals surface area contributed by atoms with Crippen LogP contribution in [-0.4, -0.2) is 31.5 Å². The molecule has 0 aliphatic rings. The zero-order valence-electron chi connectivity index (χ0n) is 23.3. The number of alkyl halides is 3. The monoisotopic (exact) mass is 628 g/mol. The first kappa shape index (κ1) is 30.2. The maximum absolute atomic E-state index is 13.8. The van der Waals surface area contributed by atoms with Crippen molar-refractivity contribution in [2.75, 3.05) is 5.32 Å². The number of halogens is 3. The fourth-order valence-electron chi connectivity index (χ4n) is 4.52. The number of aryl methyl sites for hydroxylation is 3. The molecule has 0 unspecified atom stereocenters. The van der Waals surface area contributed by atoms with E-state index >= 15 is 0 Å². The van der Waals surface area contributed by atoms with Crippen LogP contribution in [0.5, 0.6) is 5.75 Å². The van der Waals surface area contributed by atoms with Gasteiger partial charge in [-0.05, 0) is 56.7 Å². The highest BCUT2D eigenvalue weighted by Gasteiger charge is 2.35. The smallest absolute Gasteiger partial charge is 0.433 e. The van der Waals surface area contributed by atoms with Crippen LogP contribution in [0.3, 0.4) is 0 Å². The van der Waals surface area contributed by atoms with E-state index < -0.39 is 28.6 Å². The number of pyridine rings is 1. The fourth-order valence-corrected chi connectivity index (χ4v) is 5.53. The van der Waals surface area contributed by atoms with E-state index in [0.717, 1.165) is 6.07 Å². The number of aromatic nitrogens is 3. The number of nitro groups is 1. The van der Waals surface area contributed by atoms with Gasteiger partial charge in [0.1, 0.15) is 33.5 Å². The first-order chi connectivity index (χ1) is 20.8. The van der Waals surface area contributed by atoms with Gasteiger partial charge in [0, 0.05) is 35.3 Å². The number of nitrogens with zero attached hydrogens (tertiary/aromatic N) is 4. The normalized spacial score (nSPS) is 11.6. The molecule has 12 nitrogen and oxygen atoms in total. The summed E-state index contributed by atoms with van der Waals surface area (Å²) in [5, 5.41) is 18.0. The molecule has 5 rings (SSSR count). The highest BCUT2D eigenvalue weighted by molar-refractivity contribution is 7.21. The molecule has 3 N–H and O–H groups in total. The topological polar surface area (TPSA) is 168 Å². The first-order valence-electron chi connectivity index (χ1n) is 12.9. The molecular weight excluding hydrogens is 605 g/mol.